The molecule has 2 aliphatic rings. The predicted octanol–water partition coefficient (Wildman–Crippen LogP) is -1.41. The maximum absolute atomic E-state index is 12.0. The first-order valence-corrected chi connectivity index (χ1v) is 11.3. The molecule has 5 N–H and O–H groups in total. The van der Waals surface area contributed by atoms with Crippen LogP contribution in [0.2, 0.25) is 0 Å². The van der Waals surface area contributed by atoms with E-state index < -0.39 is 71.4 Å². The summed E-state index contributed by atoms with van der Waals surface area (Å²) in [5.74, 6) is 0. The zero-order valence-electron chi connectivity index (χ0n) is 14.2. The summed E-state index contributed by atoms with van der Waals surface area (Å²) in [7, 11) is -8.61. The molecule has 14 heteroatoms. The van der Waals surface area contributed by atoms with Crippen LogP contribution in [0.1, 0.15) is 6.92 Å². The van der Waals surface area contributed by atoms with Crippen LogP contribution >= 0.6 is 15.4 Å². The highest BCUT2D eigenvalue weighted by atomic mass is 31.2. The van der Waals surface area contributed by atoms with Crippen molar-refractivity contribution in [2.24, 2.45) is 0 Å². The van der Waals surface area contributed by atoms with E-state index in [0.29, 0.717) is 0 Å². The lowest BCUT2D eigenvalue weighted by atomic mass is 10.1. The maximum Gasteiger partial charge on any atom is 0.472 e. The van der Waals surface area contributed by atoms with Crippen molar-refractivity contribution in [1.82, 2.24) is 0 Å². The number of rotatable bonds is 8. The number of aliphatic hydroxyl groups excluding tert-OH is 3. The molecule has 26 heavy (non-hydrogen) atoms. The average Bonchev–Trinajstić information content (AvgIpc) is 2.99. The Morgan fingerprint density at radius 2 is 1.77 bits per heavy atom. The molecule has 0 aromatic carbocycles. The minimum absolute atomic E-state index is 0.217. The highest BCUT2D eigenvalue weighted by molar-refractivity contribution is 7.51. The van der Waals surface area contributed by atoms with E-state index in [1.807, 2.05) is 0 Å². The summed E-state index contributed by atoms with van der Waals surface area (Å²) in [5.41, 5.74) is 0. The van der Waals surface area contributed by atoms with E-state index in [1.165, 1.54) is 6.92 Å². The lowest BCUT2D eigenvalue weighted by Crippen LogP contribution is -2.36. The summed E-state index contributed by atoms with van der Waals surface area (Å²) in [6.07, 6.45) is -7.77. The van der Waals surface area contributed by atoms with Gasteiger partial charge in [-0.2, -0.15) is 0 Å². The van der Waals surface area contributed by atoms with Gasteiger partial charge in [0, 0.05) is 6.66 Å². The SMILES string of the molecule is CC1OC(COP(=O)(O)OC2COC(CO)C2O)C(OP(C)(=O)O)C1O. The van der Waals surface area contributed by atoms with Crippen LogP contribution in [-0.2, 0) is 32.2 Å². The Hall–Kier alpha value is 0.0600. The van der Waals surface area contributed by atoms with E-state index in [4.69, 9.17) is 28.2 Å². The molecule has 0 amide bonds. The molecule has 2 fully saturated rings. The number of hydrogen-bond acceptors (Lipinski definition) is 10. The molecule has 2 saturated heterocycles. The summed E-state index contributed by atoms with van der Waals surface area (Å²) >= 11 is 0. The smallest absolute Gasteiger partial charge is 0.394 e. The second-order valence-electron chi connectivity index (χ2n) is 6.20. The van der Waals surface area contributed by atoms with Crippen LogP contribution in [-0.4, -0.2) is 94.3 Å². The van der Waals surface area contributed by atoms with E-state index in [0.717, 1.165) is 6.66 Å². The number of ether oxygens (including phenoxy) is 2. The molecule has 12 nitrogen and oxygen atoms in total. The van der Waals surface area contributed by atoms with Crippen molar-refractivity contribution in [1.29, 1.82) is 0 Å². The van der Waals surface area contributed by atoms with Gasteiger partial charge < -0.3 is 34.6 Å². The Balaban J connectivity index is 1.93. The molecule has 2 heterocycles. The minimum atomic E-state index is -4.66. The van der Waals surface area contributed by atoms with Gasteiger partial charge in [-0.1, -0.05) is 0 Å². The molecular weight excluding hydrogens is 398 g/mol. The normalized spacial score (nSPS) is 42.5. The van der Waals surface area contributed by atoms with Crippen molar-refractivity contribution in [3.05, 3.63) is 0 Å². The van der Waals surface area contributed by atoms with Gasteiger partial charge in [0.15, 0.2) is 0 Å². The van der Waals surface area contributed by atoms with E-state index in [1.54, 1.807) is 0 Å². The quantitative estimate of drug-likeness (QED) is 0.289. The molecule has 0 bridgehead atoms. The Bertz CT molecular complexity index is 566. The first-order chi connectivity index (χ1) is 11.9. The maximum atomic E-state index is 12.0. The van der Waals surface area contributed by atoms with E-state index in [2.05, 4.69) is 0 Å². The fraction of sp³-hybridized carbons (Fsp3) is 1.00. The lowest BCUT2D eigenvalue weighted by Gasteiger charge is -2.24. The van der Waals surface area contributed by atoms with E-state index >= 15 is 0 Å². The molecule has 0 aromatic rings. The van der Waals surface area contributed by atoms with E-state index in [9.17, 15) is 29.1 Å². The minimum Gasteiger partial charge on any atom is -0.394 e. The Labute approximate surface area is 149 Å². The molecule has 154 valence electrons. The Kier molecular flexibility index (Phi) is 7.40. The third-order valence-corrected chi connectivity index (χ3v) is 5.62. The first kappa shape index (κ1) is 22.4. The third-order valence-electron chi connectivity index (χ3n) is 3.98. The predicted molar refractivity (Wildman–Crippen MR) is 84.4 cm³/mol. The molecule has 9 atom stereocenters. The molecule has 0 spiro atoms. The molecule has 0 radical (unpaired) electrons. The van der Waals surface area contributed by atoms with Crippen molar-refractivity contribution in [2.75, 3.05) is 26.5 Å². The summed E-state index contributed by atoms with van der Waals surface area (Å²) in [6.45, 7) is 1.15. The van der Waals surface area contributed by atoms with Gasteiger partial charge >= 0.3 is 15.4 Å². The van der Waals surface area contributed by atoms with Gasteiger partial charge in [-0.15, -0.1) is 0 Å². The molecule has 0 saturated carbocycles. The van der Waals surface area contributed by atoms with Gasteiger partial charge in [0.2, 0.25) is 0 Å². The van der Waals surface area contributed by atoms with Crippen LogP contribution in [0, 0.1) is 0 Å². The number of hydrogen-bond donors (Lipinski definition) is 5. The first-order valence-electron chi connectivity index (χ1n) is 7.82. The van der Waals surface area contributed by atoms with Crippen LogP contribution < -0.4 is 0 Å². The molecule has 0 aliphatic carbocycles. The van der Waals surface area contributed by atoms with Crippen LogP contribution in [0.4, 0.5) is 0 Å². The van der Waals surface area contributed by atoms with Crippen molar-refractivity contribution in [3.8, 4) is 0 Å². The monoisotopic (exact) mass is 422 g/mol. The molecule has 0 aromatic heterocycles. The van der Waals surface area contributed by atoms with Gasteiger partial charge in [-0.25, -0.2) is 4.57 Å². The van der Waals surface area contributed by atoms with Crippen molar-refractivity contribution in [2.45, 2.75) is 49.7 Å². The van der Waals surface area contributed by atoms with Gasteiger partial charge in [-0.05, 0) is 6.92 Å². The molecule has 2 rings (SSSR count). The van der Waals surface area contributed by atoms with Crippen LogP contribution in [0.5, 0.6) is 0 Å². The van der Waals surface area contributed by atoms with Gasteiger partial charge in [0.1, 0.15) is 36.6 Å². The van der Waals surface area contributed by atoms with Crippen molar-refractivity contribution >= 4 is 15.4 Å². The van der Waals surface area contributed by atoms with Crippen LogP contribution in [0.25, 0.3) is 0 Å². The van der Waals surface area contributed by atoms with Crippen molar-refractivity contribution in [3.63, 3.8) is 0 Å². The number of phosphoric acid groups is 1. The molecule has 9 unspecified atom stereocenters. The fourth-order valence-corrected chi connectivity index (χ4v) is 4.32. The topological polar surface area (TPSA) is 181 Å². The van der Waals surface area contributed by atoms with Crippen molar-refractivity contribution < 1.29 is 57.3 Å². The summed E-state index contributed by atoms with van der Waals surface area (Å²) in [6, 6.07) is 0. The lowest BCUT2D eigenvalue weighted by molar-refractivity contribution is -0.0258. The zero-order valence-corrected chi connectivity index (χ0v) is 15.9. The molecular formula is C12H24O12P2. The standard InChI is InChI=1S/C12H24O12P2/c1-6-10(14)12(24-25(2,16)17)9(22-6)5-21-26(18,19)23-8-4-20-7(3-13)11(8)15/h6-15H,3-5H2,1-2H3,(H,16,17)(H,18,19). The zero-order chi connectivity index (χ0) is 19.7. The number of phosphoric ester groups is 1. The van der Waals surface area contributed by atoms with Crippen LogP contribution in [0.15, 0.2) is 0 Å². The van der Waals surface area contributed by atoms with E-state index in [-0.39, 0.29) is 6.61 Å². The Morgan fingerprint density at radius 1 is 1.12 bits per heavy atom. The summed E-state index contributed by atoms with van der Waals surface area (Å²) in [5, 5.41) is 28.7. The third kappa shape index (κ3) is 5.78. The fourth-order valence-electron chi connectivity index (χ4n) is 2.69. The highest BCUT2D eigenvalue weighted by Gasteiger charge is 2.46. The van der Waals surface area contributed by atoms with Gasteiger partial charge in [0.25, 0.3) is 0 Å². The van der Waals surface area contributed by atoms with Gasteiger partial charge in [-0.3, -0.25) is 18.1 Å². The summed E-state index contributed by atoms with van der Waals surface area (Å²) in [4.78, 5) is 19.1. The largest absolute Gasteiger partial charge is 0.472 e. The van der Waals surface area contributed by atoms with Gasteiger partial charge in [0.05, 0.1) is 25.9 Å². The van der Waals surface area contributed by atoms with Crippen LogP contribution in [0.3, 0.4) is 0 Å². The highest BCUT2D eigenvalue weighted by Crippen LogP contribution is 2.48. The molecule has 2 aliphatic heterocycles. The average molecular weight is 422 g/mol. The summed E-state index contributed by atoms with van der Waals surface area (Å²) < 4.78 is 48.3. The number of aliphatic hydroxyl groups is 3. The second-order valence-corrected chi connectivity index (χ2v) is 9.42. The Morgan fingerprint density at radius 3 is 2.31 bits per heavy atom. The second kappa shape index (κ2) is 8.60.